The van der Waals surface area contributed by atoms with Crippen LogP contribution in [-0.4, -0.2) is 42.4 Å². The van der Waals surface area contributed by atoms with Crippen molar-refractivity contribution in [2.24, 2.45) is 0 Å². The Morgan fingerprint density at radius 3 is 2.60 bits per heavy atom. The molecule has 1 aromatic rings. The van der Waals surface area contributed by atoms with Gasteiger partial charge in [-0.05, 0) is 6.42 Å². The lowest BCUT2D eigenvalue weighted by Crippen LogP contribution is -2.34. The van der Waals surface area contributed by atoms with Crippen molar-refractivity contribution in [2.45, 2.75) is 24.0 Å². The Balaban J connectivity index is 3.12. The number of thiophene rings is 1. The number of aliphatic hydroxyl groups is 1. The lowest BCUT2D eigenvalue weighted by Gasteiger charge is -2.19. The summed E-state index contributed by atoms with van der Waals surface area (Å²) in [6, 6.07) is 0.957. The van der Waals surface area contributed by atoms with Crippen LogP contribution < -0.4 is 0 Å². The Morgan fingerprint density at radius 2 is 2.15 bits per heavy atom. The van der Waals surface area contributed by atoms with E-state index in [2.05, 4.69) is 0 Å². The van der Waals surface area contributed by atoms with Crippen LogP contribution in [0.2, 0.25) is 4.34 Å². The van der Waals surface area contributed by atoms with Gasteiger partial charge in [0.1, 0.15) is 4.21 Å². The number of rotatable bonds is 8. The Hall–Kier alpha value is -0.740. The number of nitrogens with zero attached hydrogens (tertiary/aromatic N) is 2. The molecule has 0 spiro atoms. The van der Waals surface area contributed by atoms with E-state index in [1.807, 2.05) is 6.92 Å². The van der Waals surface area contributed by atoms with Crippen LogP contribution in [0, 0.1) is 10.1 Å². The third-order valence-corrected chi connectivity index (χ3v) is 6.23. The van der Waals surface area contributed by atoms with Gasteiger partial charge in [0.25, 0.3) is 15.7 Å². The predicted octanol–water partition coefficient (Wildman–Crippen LogP) is 2.09. The minimum atomic E-state index is -3.87. The summed E-state index contributed by atoms with van der Waals surface area (Å²) < 4.78 is 25.5. The van der Waals surface area contributed by atoms with Gasteiger partial charge in [-0.1, -0.05) is 24.9 Å². The SMILES string of the molecule is CCCCN(CCO)S(=O)(=O)c1cc([N+](=O)[O-])c(Cl)s1. The highest BCUT2D eigenvalue weighted by Gasteiger charge is 2.29. The second kappa shape index (κ2) is 7.32. The summed E-state index contributed by atoms with van der Waals surface area (Å²) in [6.45, 7) is 1.80. The van der Waals surface area contributed by atoms with E-state index in [4.69, 9.17) is 16.7 Å². The first-order valence-corrected chi connectivity index (χ1v) is 8.52. The zero-order valence-electron chi connectivity index (χ0n) is 10.8. The molecule has 0 aliphatic rings. The van der Waals surface area contributed by atoms with E-state index in [1.165, 1.54) is 0 Å². The Morgan fingerprint density at radius 1 is 1.50 bits per heavy atom. The number of sulfonamides is 1. The van der Waals surface area contributed by atoms with Crippen LogP contribution in [0.5, 0.6) is 0 Å². The second-order valence-electron chi connectivity index (χ2n) is 3.96. The summed E-state index contributed by atoms with van der Waals surface area (Å²) in [6.07, 6.45) is 1.43. The monoisotopic (exact) mass is 342 g/mol. The van der Waals surface area contributed by atoms with Gasteiger partial charge < -0.3 is 5.11 Å². The first-order chi connectivity index (χ1) is 9.34. The number of nitro groups is 1. The smallest absolute Gasteiger partial charge is 0.300 e. The summed E-state index contributed by atoms with van der Waals surface area (Å²) in [5, 5.41) is 19.7. The van der Waals surface area contributed by atoms with Gasteiger partial charge >= 0.3 is 0 Å². The molecule has 7 nitrogen and oxygen atoms in total. The van der Waals surface area contributed by atoms with E-state index in [-0.39, 0.29) is 28.2 Å². The lowest BCUT2D eigenvalue weighted by atomic mass is 10.3. The van der Waals surface area contributed by atoms with Gasteiger partial charge in [0, 0.05) is 19.2 Å². The summed E-state index contributed by atoms with van der Waals surface area (Å²) in [4.78, 5) is 9.99. The van der Waals surface area contributed by atoms with E-state index in [0.29, 0.717) is 17.8 Å². The van der Waals surface area contributed by atoms with Crippen molar-refractivity contribution in [3.05, 3.63) is 20.5 Å². The minimum absolute atomic E-state index is 0.0500. The first kappa shape index (κ1) is 17.3. The van der Waals surface area contributed by atoms with Gasteiger partial charge in [-0.15, -0.1) is 11.3 Å². The lowest BCUT2D eigenvalue weighted by molar-refractivity contribution is -0.384. The molecule has 0 fully saturated rings. The average molecular weight is 343 g/mol. The van der Waals surface area contributed by atoms with Crippen molar-refractivity contribution >= 4 is 38.6 Å². The van der Waals surface area contributed by atoms with Crippen LogP contribution in [0.3, 0.4) is 0 Å². The van der Waals surface area contributed by atoms with Crippen LogP contribution in [0.25, 0.3) is 0 Å². The molecule has 1 rings (SSSR count). The maximum absolute atomic E-state index is 12.4. The molecule has 114 valence electrons. The molecular formula is C10H15ClN2O5S2. The van der Waals surface area contributed by atoms with Crippen LogP contribution in [-0.2, 0) is 10.0 Å². The molecule has 20 heavy (non-hydrogen) atoms. The zero-order chi connectivity index (χ0) is 15.3. The van der Waals surface area contributed by atoms with Gasteiger partial charge in [0.05, 0.1) is 11.5 Å². The zero-order valence-corrected chi connectivity index (χ0v) is 13.2. The maximum Gasteiger partial charge on any atom is 0.300 e. The van der Waals surface area contributed by atoms with Crippen molar-refractivity contribution in [3.8, 4) is 0 Å². The Bertz CT molecular complexity index is 572. The van der Waals surface area contributed by atoms with E-state index in [1.54, 1.807) is 0 Å². The van der Waals surface area contributed by atoms with Gasteiger partial charge in [0.2, 0.25) is 0 Å². The van der Waals surface area contributed by atoms with E-state index in [0.717, 1.165) is 16.8 Å². The first-order valence-electron chi connectivity index (χ1n) is 5.89. The van der Waals surface area contributed by atoms with Crippen LogP contribution in [0.4, 0.5) is 5.69 Å². The molecule has 0 unspecified atom stereocenters. The highest BCUT2D eigenvalue weighted by atomic mass is 35.5. The maximum atomic E-state index is 12.4. The number of hydrogen-bond donors (Lipinski definition) is 1. The molecule has 0 aliphatic carbocycles. The molecule has 0 saturated carbocycles. The normalized spacial score (nSPS) is 12.0. The molecule has 1 aromatic heterocycles. The highest BCUT2D eigenvalue weighted by Crippen LogP contribution is 2.37. The number of halogens is 1. The highest BCUT2D eigenvalue weighted by molar-refractivity contribution is 7.91. The van der Waals surface area contributed by atoms with Crippen molar-refractivity contribution in [1.29, 1.82) is 0 Å². The van der Waals surface area contributed by atoms with Crippen molar-refractivity contribution in [3.63, 3.8) is 0 Å². The largest absolute Gasteiger partial charge is 0.395 e. The molecule has 0 radical (unpaired) electrons. The fourth-order valence-electron chi connectivity index (χ4n) is 1.52. The molecule has 1 heterocycles. The third kappa shape index (κ3) is 3.89. The quantitative estimate of drug-likeness (QED) is 0.575. The van der Waals surface area contributed by atoms with Crippen LogP contribution in [0.15, 0.2) is 10.3 Å². The van der Waals surface area contributed by atoms with Crippen molar-refractivity contribution in [2.75, 3.05) is 19.7 Å². The molecule has 0 saturated heterocycles. The summed E-state index contributed by atoms with van der Waals surface area (Å²) in [5.74, 6) is 0. The molecule has 1 N–H and O–H groups in total. The number of aliphatic hydroxyl groups excluding tert-OH is 1. The predicted molar refractivity (Wildman–Crippen MR) is 76.7 cm³/mol. The van der Waals surface area contributed by atoms with E-state index < -0.39 is 20.6 Å². The molecule has 0 aliphatic heterocycles. The third-order valence-electron chi connectivity index (χ3n) is 2.55. The topological polar surface area (TPSA) is 101 Å². The van der Waals surface area contributed by atoms with Gasteiger partial charge in [-0.3, -0.25) is 10.1 Å². The molecule has 0 bridgehead atoms. The molecule has 10 heteroatoms. The van der Waals surface area contributed by atoms with Gasteiger partial charge in [0.15, 0.2) is 4.34 Å². The second-order valence-corrected chi connectivity index (χ2v) is 7.78. The van der Waals surface area contributed by atoms with E-state index >= 15 is 0 Å². The molecule has 0 aromatic carbocycles. The molecule has 0 amide bonds. The van der Waals surface area contributed by atoms with E-state index in [9.17, 15) is 18.5 Å². The average Bonchev–Trinajstić information content (AvgIpc) is 2.77. The van der Waals surface area contributed by atoms with Gasteiger partial charge in [-0.2, -0.15) is 4.31 Å². The van der Waals surface area contributed by atoms with Crippen LogP contribution >= 0.6 is 22.9 Å². The molecule has 0 atom stereocenters. The Labute approximate surface area is 126 Å². The van der Waals surface area contributed by atoms with Crippen molar-refractivity contribution < 1.29 is 18.4 Å². The van der Waals surface area contributed by atoms with Crippen LogP contribution in [0.1, 0.15) is 19.8 Å². The minimum Gasteiger partial charge on any atom is -0.395 e. The number of unbranched alkanes of at least 4 members (excludes halogenated alkanes) is 1. The summed E-state index contributed by atoms with van der Waals surface area (Å²) >= 11 is 6.33. The number of hydrogen-bond acceptors (Lipinski definition) is 6. The fourth-order valence-corrected chi connectivity index (χ4v) is 4.80. The Kier molecular flexibility index (Phi) is 6.34. The molecular weight excluding hydrogens is 328 g/mol. The fraction of sp³-hybridized carbons (Fsp3) is 0.600. The van der Waals surface area contributed by atoms with Crippen molar-refractivity contribution in [1.82, 2.24) is 4.31 Å². The standard InChI is InChI=1S/C10H15ClN2O5S2/c1-2-3-4-12(5-6-14)20(17,18)9-7-8(13(15)16)10(11)19-9/h7,14H,2-6H2,1H3. The van der Waals surface area contributed by atoms with Gasteiger partial charge in [-0.25, -0.2) is 8.42 Å². The summed E-state index contributed by atoms with van der Waals surface area (Å²) in [7, 11) is -3.87. The summed E-state index contributed by atoms with van der Waals surface area (Å²) in [5.41, 5.74) is -0.422.